The van der Waals surface area contributed by atoms with Crippen LogP contribution in [0.4, 0.5) is 5.00 Å². The van der Waals surface area contributed by atoms with Crippen molar-refractivity contribution < 1.29 is 4.79 Å². The molecule has 1 N–H and O–H groups in total. The predicted octanol–water partition coefficient (Wildman–Crippen LogP) is 5.54. The van der Waals surface area contributed by atoms with Crippen LogP contribution in [0.15, 0.2) is 0 Å². The summed E-state index contributed by atoms with van der Waals surface area (Å²) in [6, 6.07) is 2.34. The minimum Gasteiger partial charge on any atom is -0.316 e. The van der Waals surface area contributed by atoms with E-state index >= 15 is 0 Å². The van der Waals surface area contributed by atoms with Gasteiger partial charge in [-0.25, -0.2) is 0 Å². The molecule has 0 aromatic carbocycles. The molecule has 0 radical (unpaired) electrons. The van der Waals surface area contributed by atoms with Gasteiger partial charge in [-0.1, -0.05) is 34.6 Å². The fraction of sp³-hybridized carbons (Fsp3) is 0.700. The molecule has 0 bridgehead atoms. The summed E-state index contributed by atoms with van der Waals surface area (Å²) in [6.45, 7) is 10.9. The van der Waals surface area contributed by atoms with Crippen molar-refractivity contribution in [2.24, 2.45) is 17.3 Å². The van der Waals surface area contributed by atoms with E-state index in [9.17, 15) is 10.1 Å². The van der Waals surface area contributed by atoms with Crippen LogP contribution in [0.3, 0.4) is 0 Å². The molecule has 1 aromatic rings. The van der Waals surface area contributed by atoms with Crippen LogP contribution < -0.4 is 5.32 Å². The Morgan fingerprint density at radius 1 is 1.38 bits per heavy atom. The van der Waals surface area contributed by atoms with Gasteiger partial charge in [-0.2, -0.15) is 5.26 Å². The Morgan fingerprint density at radius 3 is 2.58 bits per heavy atom. The van der Waals surface area contributed by atoms with Gasteiger partial charge in [0.15, 0.2) is 0 Å². The summed E-state index contributed by atoms with van der Waals surface area (Å²) < 4.78 is 0. The number of amides is 1. The first-order valence-corrected chi connectivity index (χ1v) is 9.96. The van der Waals surface area contributed by atoms with Crippen LogP contribution in [0, 0.1) is 28.6 Å². The molecule has 1 aromatic heterocycles. The van der Waals surface area contributed by atoms with Gasteiger partial charge in [-0.15, -0.1) is 11.3 Å². The molecule has 4 heteroatoms. The lowest BCUT2D eigenvalue weighted by atomic mass is 9.77. The van der Waals surface area contributed by atoms with Crippen LogP contribution in [0.5, 0.6) is 0 Å². The monoisotopic (exact) mass is 346 g/mol. The van der Waals surface area contributed by atoms with Crippen LogP contribution in [-0.4, -0.2) is 5.91 Å². The normalized spacial score (nSPS) is 17.5. The smallest absolute Gasteiger partial charge is 0.228 e. The first kappa shape index (κ1) is 19.0. The molecule has 0 spiro atoms. The quantitative estimate of drug-likeness (QED) is 0.761. The standard InChI is InChI=1S/C20H30N2OS/c1-6-14(7-2)18(23)22-19-16(12-21)15-9-8-13(10-17(15)24-19)11-20(3,4)5/h13-14H,6-11H2,1-5H3,(H,22,23). The van der Waals surface area contributed by atoms with Crippen molar-refractivity contribution in [3.63, 3.8) is 0 Å². The van der Waals surface area contributed by atoms with Gasteiger partial charge in [-0.3, -0.25) is 4.79 Å². The van der Waals surface area contributed by atoms with Crippen molar-refractivity contribution in [1.82, 2.24) is 0 Å². The van der Waals surface area contributed by atoms with Gasteiger partial charge in [-0.05, 0) is 55.4 Å². The van der Waals surface area contributed by atoms with Gasteiger partial charge >= 0.3 is 0 Å². The van der Waals surface area contributed by atoms with Crippen molar-refractivity contribution in [2.75, 3.05) is 5.32 Å². The number of hydrogen-bond acceptors (Lipinski definition) is 3. The number of anilines is 1. The third-order valence-corrected chi connectivity index (χ3v) is 6.14. The molecule has 1 aliphatic carbocycles. The first-order chi connectivity index (χ1) is 11.3. The number of nitrogens with zero attached hydrogens (tertiary/aromatic N) is 1. The zero-order valence-electron chi connectivity index (χ0n) is 15.7. The van der Waals surface area contributed by atoms with Gasteiger partial charge in [0.1, 0.15) is 11.1 Å². The van der Waals surface area contributed by atoms with Crippen LogP contribution in [0.1, 0.15) is 76.3 Å². The summed E-state index contributed by atoms with van der Waals surface area (Å²) in [5.41, 5.74) is 2.24. The molecule has 0 fully saturated rings. The lowest BCUT2D eigenvalue weighted by molar-refractivity contribution is -0.120. The Labute approximate surface area is 150 Å². The summed E-state index contributed by atoms with van der Waals surface area (Å²) in [6.07, 6.45) is 6.05. The minimum atomic E-state index is 0.0318. The number of hydrogen-bond donors (Lipinski definition) is 1. The van der Waals surface area contributed by atoms with E-state index in [4.69, 9.17) is 0 Å². The van der Waals surface area contributed by atoms with E-state index in [1.165, 1.54) is 16.9 Å². The minimum absolute atomic E-state index is 0.0318. The van der Waals surface area contributed by atoms with E-state index in [0.717, 1.165) is 37.1 Å². The topological polar surface area (TPSA) is 52.9 Å². The molecule has 1 atom stereocenters. The van der Waals surface area contributed by atoms with E-state index in [1.807, 2.05) is 13.8 Å². The van der Waals surface area contributed by atoms with Crippen molar-refractivity contribution in [1.29, 1.82) is 5.26 Å². The average molecular weight is 347 g/mol. The zero-order valence-corrected chi connectivity index (χ0v) is 16.5. The van der Waals surface area contributed by atoms with Gasteiger partial charge in [0.2, 0.25) is 5.91 Å². The molecule has 3 nitrogen and oxygen atoms in total. The second-order valence-electron chi connectivity index (χ2n) is 8.20. The summed E-state index contributed by atoms with van der Waals surface area (Å²) >= 11 is 1.63. The SMILES string of the molecule is CCC(CC)C(=O)Nc1sc2c(c1C#N)CCC(CC(C)(C)C)C2. The second-order valence-corrected chi connectivity index (χ2v) is 9.30. The maximum absolute atomic E-state index is 12.4. The molecule has 24 heavy (non-hydrogen) atoms. The van der Waals surface area contributed by atoms with Gasteiger partial charge < -0.3 is 5.32 Å². The molecular weight excluding hydrogens is 316 g/mol. The van der Waals surface area contributed by atoms with E-state index in [-0.39, 0.29) is 11.8 Å². The number of carbonyl (C=O) groups excluding carboxylic acids is 1. The predicted molar refractivity (Wildman–Crippen MR) is 101 cm³/mol. The Hall–Kier alpha value is -1.34. The van der Waals surface area contributed by atoms with Crippen LogP contribution >= 0.6 is 11.3 Å². The maximum atomic E-state index is 12.4. The Morgan fingerprint density at radius 2 is 2.04 bits per heavy atom. The summed E-state index contributed by atoms with van der Waals surface area (Å²) in [5, 5.41) is 13.4. The first-order valence-electron chi connectivity index (χ1n) is 9.14. The molecule has 1 unspecified atom stereocenters. The van der Waals surface area contributed by atoms with Gasteiger partial charge in [0.05, 0.1) is 5.56 Å². The molecule has 1 heterocycles. The van der Waals surface area contributed by atoms with E-state index < -0.39 is 0 Å². The fourth-order valence-electron chi connectivity index (χ4n) is 3.77. The molecule has 0 aliphatic heterocycles. The summed E-state index contributed by atoms with van der Waals surface area (Å²) in [5.74, 6) is 0.774. The molecule has 132 valence electrons. The number of nitriles is 1. The van der Waals surface area contributed by atoms with Gasteiger partial charge in [0.25, 0.3) is 0 Å². The molecular formula is C20H30N2OS. The van der Waals surface area contributed by atoms with E-state index in [0.29, 0.717) is 16.9 Å². The summed E-state index contributed by atoms with van der Waals surface area (Å²) in [7, 11) is 0. The molecule has 1 amide bonds. The molecule has 0 saturated heterocycles. The third kappa shape index (κ3) is 4.39. The molecule has 0 saturated carbocycles. The Bertz CT molecular complexity index is 629. The van der Waals surface area contributed by atoms with Crippen molar-refractivity contribution >= 4 is 22.2 Å². The number of nitrogens with one attached hydrogen (secondary N) is 1. The highest BCUT2D eigenvalue weighted by Crippen LogP contribution is 2.42. The number of carbonyl (C=O) groups is 1. The summed E-state index contributed by atoms with van der Waals surface area (Å²) in [4.78, 5) is 13.7. The maximum Gasteiger partial charge on any atom is 0.228 e. The Balaban J connectivity index is 2.19. The number of fused-ring (bicyclic) bond motifs is 1. The third-order valence-electron chi connectivity index (χ3n) is 4.97. The lowest BCUT2D eigenvalue weighted by Gasteiger charge is -2.28. The average Bonchev–Trinajstić information content (AvgIpc) is 2.82. The van der Waals surface area contributed by atoms with Crippen LogP contribution in [0.2, 0.25) is 0 Å². The number of thiophene rings is 1. The molecule has 2 rings (SSSR count). The highest BCUT2D eigenvalue weighted by atomic mass is 32.1. The number of rotatable bonds is 5. The van der Waals surface area contributed by atoms with Gasteiger partial charge in [0, 0.05) is 10.8 Å². The van der Waals surface area contributed by atoms with E-state index in [1.54, 1.807) is 11.3 Å². The zero-order chi connectivity index (χ0) is 17.9. The van der Waals surface area contributed by atoms with Crippen molar-refractivity contribution in [2.45, 2.75) is 73.1 Å². The Kier molecular flexibility index (Phi) is 6.09. The van der Waals surface area contributed by atoms with Crippen LogP contribution in [0.25, 0.3) is 0 Å². The second kappa shape index (κ2) is 7.70. The van der Waals surface area contributed by atoms with E-state index in [2.05, 4.69) is 32.2 Å². The molecule has 1 aliphatic rings. The highest BCUT2D eigenvalue weighted by molar-refractivity contribution is 7.16. The highest BCUT2D eigenvalue weighted by Gasteiger charge is 2.29. The largest absolute Gasteiger partial charge is 0.316 e. The van der Waals surface area contributed by atoms with Crippen LogP contribution in [-0.2, 0) is 17.6 Å². The fourth-order valence-corrected chi connectivity index (χ4v) is 5.09. The van der Waals surface area contributed by atoms with Crippen molar-refractivity contribution in [3.05, 3.63) is 16.0 Å². The lowest BCUT2D eigenvalue weighted by Crippen LogP contribution is -2.21. The van der Waals surface area contributed by atoms with Crippen molar-refractivity contribution in [3.8, 4) is 6.07 Å².